The third-order valence-corrected chi connectivity index (χ3v) is 6.94. The lowest BCUT2D eigenvalue weighted by molar-refractivity contribution is -0.118. The van der Waals surface area contributed by atoms with Gasteiger partial charge in [-0.3, -0.25) is 9.59 Å². The molecule has 9 heteroatoms. The zero-order valence-corrected chi connectivity index (χ0v) is 22.8. The Hall–Kier alpha value is -3.33. The first-order valence-electron chi connectivity index (χ1n) is 11.6. The number of allylic oxidation sites excluding steroid dienone is 3. The van der Waals surface area contributed by atoms with Crippen molar-refractivity contribution in [1.29, 1.82) is 0 Å². The number of ether oxygens (including phenoxy) is 3. The molecule has 0 bridgehead atoms. The van der Waals surface area contributed by atoms with E-state index in [1.54, 1.807) is 30.5 Å². The smallest absolute Gasteiger partial charge is 0.255 e. The Kier molecular flexibility index (Phi) is 7.13. The Morgan fingerprint density at radius 3 is 2.33 bits per heavy atom. The minimum absolute atomic E-state index is 0.00654. The fraction of sp³-hybridized carbons (Fsp3) is 0.370. The molecule has 1 aliphatic carbocycles. The quantitative estimate of drug-likeness (QED) is 0.510. The van der Waals surface area contributed by atoms with E-state index >= 15 is 0 Å². The fourth-order valence-corrected chi connectivity index (χ4v) is 5.21. The van der Waals surface area contributed by atoms with Crippen LogP contribution in [0.2, 0.25) is 0 Å². The Labute approximate surface area is 219 Å². The molecule has 0 fully saturated rings. The maximum absolute atomic E-state index is 13.7. The number of dihydropyridines is 1. The number of carbonyl (C=O) groups excluding carboxylic acids is 2. The summed E-state index contributed by atoms with van der Waals surface area (Å²) in [6.45, 7) is 6.00. The Bertz CT molecular complexity index is 1260. The minimum atomic E-state index is -0.631. The molecular formula is C27H30BrN3O5. The van der Waals surface area contributed by atoms with E-state index in [2.05, 4.69) is 45.4 Å². The third kappa shape index (κ3) is 4.84. The summed E-state index contributed by atoms with van der Waals surface area (Å²) in [4.78, 5) is 31.6. The van der Waals surface area contributed by atoms with Crippen LogP contribution >= 0.6 is 15.9 Å². The molecule has 8 nitrogen and oxygen atoms in total. The topological polar surface area (TPSA) is 98.8 Å². The number of carbonyl (C=O) groups is 2. The van der Waals surface area contributed by atoms with Crippen molar-refractivity contribution in [2.75, 3.05) is 26.6 Å². The molecule has 0 spiro atoms. The summed E-state index contributed by atoms with van der Waals surface area (Å²) >= 11 is 3.36. The van der Waals surface area contributed by atoms with Gasteiger partial charge in [-0.05, 0) is 64.5 Å². The van der Waals surface area contributed by atoms with Gasteiger partial charge in [-0.1, -0.05) is 13.8 Å². The third-order valence-electron chi connectivity index (χ3n) is 6.47. The summed E-state index contributed by atoms with van der Waals surface area (Å²) in [6.07, 6.45) is 2.69. The van der Waals surface area contributed by atoms with Crippen molar-refractivity contribution >= 4 is 33.4 Å². The number of hydrogen-bond donors (Lipinski definition) is 2. The number of hydrogen-bond acceptors (Lipinski definition) is 7. The highest BCUT2D eigenvalue weighted by atomic mass is 79.9. The van der Waals surface area contributed by atoms with Gasteiger partial charge in [-0.15, -0.1) is 0 Å². The summed E-state index contributed by atoms with van der Waals surface area (Å²) < 4.78 is 17.5. The summed E-state index contributed by atoms with van der Waals surface area (Å²) in [5, 5.41) is 6.26. The molecule has 0 radical (unpaired) electrons. The lowest BCUT2D eigenvalue weighted by Crippen LogP contribution is -2.39. The number of halogens is 1. The van der Waals surface area contributed by atoms with Crippen molar-refractivity contribution in [2.45, 2.75) is 39.5 Å². The number of aromatic nitrogens is 1. The van der Waals surface area contributed by atoms with Crippen LogP contribution in [0, 0.1) is 5.41 Å². The van der Waals surface area contributed by atoms with Gasteiger partial charge in [0, 0.05) is 45.5 Å². The zero-order chi connectivity index (χ0) is 26.2. The average Bonchev–Trinajstić information content (AvgIpc) is 2.82. The van der Waals surface area contributed by atoms with Crippen LogP contribution in [0.15, 0.2) is 57.5 Å². The maximum Gasteiger partial charge on any atom is 0.255 e. The van der Waals surface area contributed by atoms with Gasteiger partial charge in [0.1, 0.15) is 5.82 Å². The number of Topliss-reactive ketones (excluding diaryl/α,β-unsaturated/α-hetero) is 1. The molecule has 0 saturated heterocycles. The molecule has 2 aromatic rings. The number of amides is 1. The largest absolute Gasteiger partial charge is 0.493 e. The molecular weight excluding hydrogens is 526 g/mol. The van der Waals surface area contributed by atoms with Crippen molar-refractivity contribution in [1.82, 2.24) is 10.3 Å². The van der Waals surface area contributed by atoms with Crippen LogP contribution < -0.4 is 24.8 Å². The van der Waals surface area contributed by atoms with Crippen LogP contribution in [0.3, 0.4) is 0 Å². The lowest BCUT2D eigenvalue weighted by Gasteiger charge is -2.39. The van der Waals surface area contributed by atoms with Gasteiger partial charge in [0.05, 0.1) is 21.3 Å². The number of rotatable bonds is 6. The molecule has 2 N–H and O–H groups in total. The Balaban J connectivity index is 1.89. The molecule has 1 aromatic carbocycles. The fourth-order valence-electron chi connectivity index (χ4n) is 4.97. The number of nitrogens with zero attached hydrogens (tertiary/aromatic N) is 1. The number of nitrogens with one attached hydrogen (secondary N) is 2. The molecule has 1 amide bonds. The van der Waals surface area contributed by atoms with E-state index in [0.717, 1.165) is 10.2 Å². The van der Waals surface area contributed by atoms with Crippen molar-refractivity contribution in [3.05, 3.63) is 63.0 Å². The molecule has 36 heavy (non-hydrogen) atoms. The average molecular weight is 556 g/mol. The van der Waals surface area contributed by atoms with E-state index in [1.165, 1.54) is 21.3 Å². The molecule has 2 heterocycles. The highest BCUT2D eigenvalue weighted by molar-refractivity contribution is 9.10. The second kappa shape index (κ2) is 9.97. The van der Waals surface area contributed by atoms with Crippen molar-refractivity contribution in [3.63, 3.8) is 0 Å². The van der Waals surface area contributed by atoms with Crippen molar-refractivity contribution in [3.8, 4) is 17.2 Å². The van der Waals surface area contributed by atoms with Crippen LogP contribution in [0.4, 0.5) is 5.82 Å². The monoisotopic (exact) mass is 555 g/mol. The predicted octanol–water partition coefficient (Wildman–Crippen LogP) is 5.11. The van der Waals surface area contributed by atoms with Gasteiger partial charge < -0.3 is 24.8 Å². The Morgan fingerprint density at radius 2 is 1.78 bits per heavy atom. The second-order valence-corrected chi connectivity index (χ2v) is 10.6. The van der Waals surface area contributed by atoms with E-state index in [-0.39, 0.29) is 17.1 Å². The van der Waals surface area contributed by atoms with E-state index in [0.29, 0.717) is 58.3 Å². The first-order chi connectivity index (χ1) is 17.1. The van der Waals surface area contributed by atoms with Crippen LogP contribution in [0.5, 0.6) is 17.2 Å². The van der Waals surface area contributed by atoms with Crippen LogP contribution in [0.25, 0.3) is 0 Å². The van der Waals surface area contributed by atoms with Gasteiger partial charge in [-0.25, -0.2) is 4.98 Å². The van der Waals surface area contributed by atoms with Crippen molar-refractivity contribution in [2.24, 2.45) is 5.41 Å². The predicted molar refractivity (Wildman–Crippen MR) is 140 cm³/mol. The van der Waals surface area contributed by atoms with Gasteiger partial charge >= 0.3 is 0 Å². The van der Waals surface area contributed by atoms with Crippen LogP contribution in [0.1, 0.15) is 45.1 Å². The van der Waals surface area contributed by atoms with E-state index in [9.17, 15) is 9.59 Å². The van der Waals surface area contributed by atoms with Crippen LogP contribution in [-0.2, 0) is 9.59 Å². The molecule has 2 aliphatic rings. The number of pyridine rings is 1. The Morgan fingerprint density at radius 1 is 1.11 bits per heavy atom. The SMILES string of the molecule is COc1cc([C@@H]2C(C(=O)Nc3ccc(Br)cn3)=C(C)NC3=C2C(=O)CC(C)(C)C3)cc(OC)c1OC. The zero-order valence-electron chi connectivity index (χ0n) is 21.2. The number of benzene rings is 1. The highest BCUT2D eigenvalue weighted by Gasteiger charge is 2.43. The molecule has 1 atom stereocenters. The summed E-state index contributed by atoms with van der Waals surface area (Å²) in [7, 11) is 4.61. The number of methoxy groups -OCH3 is 3. The van der Waals surface area contributed by atoms with E-state index < -0.39 is 5.92 Å². The molecule has 1 aromatic heterocycles. The van der Waals surface area contributed by atoms with Gasteiger partial charge in [0.25, 0.3) is 5.91 Å². The normalized spacial score (nSPS) is 18.9. The van der Waals surface area contributed by atoms with Crippen LogP contribution in [-0.4, -0.2) is 38.0 Å². The summed E-state index contributed by atoms with van der Waals surface area (Å²) in [5.41, 5.74) is 3.03. The summed E-state index contributed by atoms with van der Waals surface area (Å²) in [6, 6.07) is 7.11. The molecule has 0 unspecified atom stereocenters. The maximum atomic E-state index is 13.7. The lowest BCUT2D eigenvalue weighted by atomic mass is 9.68. The number of ketones is 1. The molecule has 4 rings (SSSR count). The number of anilines is 1. The summed E-state index contributed by atoms with van der Waals surface area (Å²) in [5.74, 6) is 0.766. The first-order valence-corrected chi connectivity index (χ1v) is 12.3. The van der Waals surface area contributed by atoms with Gasteiger partial charge in [-0.2, -0.15) is 0 Å². The second-order valence-electron chi connectivity index (χ2n) is 9.70. The van der Waals surface area contributed by atoms with Gasteiger partial charge in [0.15, 0.2) is 17.3 Å². The molecule has 0 saturated carbocycles. The first kappa shape index (κ1) is 25.8. The standard InChI is InChI=1S/C27H30BrN3O5/c1-14-22(26(33)31-21-8-7-16(28)13-29-21)23(24-17(30-14)11-27(2,3)12-18(24)32)15-9-19(34-4)25(36-6)20(10-15)35-5/h7-10,13,23,30H,11-12H2,1-6H3,(H,29,31,33)/t23-/m1/s1. The van der Waals surface area contributed by atoms with E-state index in [1.807, 2.05) is 6.92 Å². The molecule has 1 aliphatic heterocycles. The highest BCUT2D eigenvalue weighted by Crippen LogP contribution is 2.49. The van der Waals surface area contributed by atoms with Gasteiger partial charge in [0.2, 0.25) is 5.75 Å². The minimum Gasteiger partial charge on any atom is -0.493 e. The van der Waals surface area contributed by atoms with E-state index in [4.69, 9.17) is 14.2 Å². The molecule has 190 valence electrons. The van der Waals surface area contributed by atoms with Crippen molar-refractivity contribution < 1.29 is 23.8 Å².